The zero-order valence-corrected chi connectivity index (χ0v) is 13.9. The quantitative estimate of drug-likeness (QED) is 0.673. The number of carbonyl (C=O) groups excluding carboxylic acids is 2. The van der Waals surface area contributed by atoms with E-state index in [0.717, 1.165) is 31.4 Å². The van der Waals surface area contributed by atoms with E-state index in [1.165, 1.54) is 0 Å². The third-order valence-electron chi connectivity index (χ3n) is 3.52. The molecule has 1 aliphatic rings. The standard InChI is InChI=1S/C16H23N3O2.ClH/c1-11-5-6-12(16(21)18-13-7-8-13)10-14(11)19-15(20)4-3-9-17-2;/h5-6,10,13,17H,3-4,7-9H2,1-2H3,(H,18,21)(H,19,20);1H. The molecule has 0 atom stereocenters. The SMILES string of the molecule is CNCCCC(=O)Nc1cc(C(=O)NC2CC2)ccc1C.Cl. The van der Waals surface area contributed by atoms with Crippen molar-refractivity contribution < 1.29 is 9.59 Å². The zero-order valence-electron chi connectivity index (χ0n) is 13.1. The van der Waals surface area contributed by atoms with Gasteiger partial charge in [0.25, 0.3) is 5.91 Å². The average molecular weight is 326 g/mol. The maximum Gasteiger partial charge on any atom is 0.251 e. The largest absolute Gasteiger partial charge is 0.349 e. The van der Waals surface area contributed by atoms with Crippen molar-refractivity contribution in [3.05, 3.63) is 29.3 Å². The molecule has 1 aromatic rings. The fourth-order valence-electron chi connectivity index (χ4n) is 2.03. The zero-order chi connectivity index (χ0) is 15.2. The number of halogens is 1. The molecule has 0 spiro atoms. The number of carbonyl (C=O) groups is 2. The topological polar surface area (TPSA) is 70.2 Å². The van der Waals surface area contributed by atoms with Gasteiger partial charge in [-0.15, -0.1) is 12.4 Å². The molecule has 1 aromatic carbocycles. The van der Waals surface area contributed by atoms with Crippen LogP contribution in [0.3, 0.4) is 0 Å². The van der Waals surface area contributed by atoms with E-state index in [4.69, 9.17) is 0 Å². The summed E-state index contributed by atoms with van der Waals surface area (Å²) in [6.45, 7) is 2.74. The van der Waals surface area contributed by atoms with Crippen LogP contribution in [-0.2, 0) is 4.79 Å². The first-order chi connectivity index (χ1) is 10.1. The summed E-state index contributed by atoms with van der Waals surface area (Å²) in [5, 5.41) is 8.85. The van der Waals surface area contributed by atoms with Crippen LogP contribution in [0.4, 0.5) is 5.69 Å². The fourth-order valence-corrected chi connectivity index (χ4v) is 2.03. The molecule has 0 heterocycles. The van der Waals surface area contributed by atoms with Gasteiger partial charge in [-0.1, -0.05) is 6.07 Å². The second-order valence-electron chi connectivity index (χ2n) is 5.53. The number of amides is 2. The van der Waals surface area contributed by atoms with Crippen LogP contribution >= 0.6 is 12.4 Å². The minimum absolute atomic E-state index is 0. The third-order valence-corrected chi connectivity index (χ3v) is 3.52. The molecule has 122 valence electrons. The highest BCUT2D eigenvalue weighted by Crippen LogP contribution is 2.21. The highest BCUT2D eigenvalue weighted by molar-refractivity contribution is 5.98. The van der Waals surface area contributed by atoms with Gasteiger partial charge >= 0.3 is 0 Å². The molecule has 0 unspecified atom stereocenters. The lowest BCUT2D eigenvalue weighted by Gasteiger charge is -2.11. The van der Waals surface area contributed by atoms with Crippen molar-refractivity contribution in [3.63, 3.8) is 0 Å². The summed E-state index contributed by atoms with van der Waals surface area (Å²) < 4.78 is 0. The van der Waals surface area contributed by atoms with E-state index < -0.39 is 0 Å². The van der Waals surface area contributed by atoms with Gasteiger partial charge in [0.1, 0.15) is 0 Å². The summed E-state index contributed by atoms with van der Waals surface area (Å²) in [4.78, 5) is 23.9. The average Bonchev–Trinajstić information content (AvgIpc) is 3.25. The summed E-state index contributed by atoms with van der Waals surface area (Å²) in [6.07, 6.45) is 3.39. The Labute approximate surface area is 137 Å². The van der Waals surface area contributed by atoms with Crippen molar-refractivity contribution in [2.24, 2.45) is 0 Å². The van der Waals surface area contributed by atoms with Crippen LogP contribution in [0, 0.1) is 6.92 Å². The van der Waals surface area contributed by atoms with Crippen LogP contribution < -0.4 is 16.0 Å². The van der Waals surface area contributed by atoms with Crippen LogP contribution in [0.15, 0.2) is 18.2 Å². The summed E-state index contributed by atoms with van der Waals surface area (Å²) in [7, 11) is 1.87. The van der Waals surface area contributed by atoms with E-state index in [9.17, 15) is 9.59 Å². The Hall–Kier alpha value is -1.59. The van der Waals surface area contributed by atoms with Gasteiger partial charge < -0.3 is 16.0 Å². The second kappa shape index (κ2) is 8.76. The normalized spacial score (nSPS) is 13.2. The summed E-state index contributed by atoms with van der Waals surface area (Å²) >= 11 is 0. The molecule has 0 radical (unpaired) electrons. The molecule has 1 saturated carbocycles. The minimum Gasteiger partial charge on any atom is -0.349 e. The molecule has 0 saturated heterocycles. The molecular weight excluding hydrogens is 302 g/mol. The van der Waals surface area contributed by atoms with Crippen LogP contribution in [-0.4, -0.2) is 31.4 Å². The predicted octanol–water partition coefficient (Wildman–Crippen LogP) is 2.25. The highest BCUT2D eigenvalue weighted by Gasteiger charge is 2.24. The Morgan fingerprint density at radius 1 is 1.27 bits per heavy atom. The van der Waals surface area contributed by atoms with E-state index in [1.807, 2.05) is 20.0 Å². The summed E-state index contributed by atoms with van der Waals surface area (Å²) in [6, 6.07) is 5.75. The van der Waals surface area contributed by atoms with Gasteiger partial charge in [-0.25, -0.2) is 0 Å². The molecule has 5 nitrogen and oxygen atoms in total. The van der Waals surface area contributed by atoms with Crippen molar-refractivity contribution in [1.82, 2.24) is 10.6 Å². The summed E-state index contributed by atoms with van der Waals surface area (Å²) in [5.74, 6) is -0.0868. The molecule has 22 heavy (non-hydrogen) atoms. The highest BCUT2D eigenvalue weighted by atomic mass is 35.5. The van der Waals surface area contributed by atoms with Gasteiger partial charge in [-0.2, -0.15) is 0 Å². The third kappa shape index (κ3) is 5.66. The molecule has 1 fully saturated rings. The first kappa shape index (κ1) is 18.5. The van der Waals surface area contributed by atoms with Crippen molar-refractivity contribution >= 4 is 29.9 Å². The number of rotatable bonds is 7. The number of nitrogens with one attached hydrogen (secondary N) is 3. The Bertz CT molecular complexity index is 530. The van der Waals surface area contributed by atoms with Crippen molar-refractivity contribution in [2.75, 3.05) is 18.9 Å². The molecule has 2 amide bonds. The second-order valence-corrected chi connectivity index (χ2v) is 5.53. The number of aryl methyl sites for hydroxylation is 1. The lowest BCUT2D eigenvalue weighted by atomic mass is 10.1. The van der Waals surface area contributed by atoms with Crippen molar-refractivity contribution in [1.29, 1.82) is 0 Å². The molecule has 6 heteroatoms. The predicted molar refractivity (Wildman–Crippen MR) is 90.7 cm³/mol. The lowest BCUT2D eigenvalue weighted by molar-refractivity contribution is -0.116. The Kier molecular flexibility index (Phi) is 7.35. The van der Waals surface area contributed by atoms with Gasteiger partial charge in [0.2, 0.25) is 5.91 Å². The van der Waals surface area contributed by atoms with Gasteiger partial charge in [0.15, 0.2) is 0 Å². The lowest BCUT2D eigenvalue weighted by Crippen LogP contribution is -2.25. The smallest absolute Gasteiger partial charge is 0.251 e. The van der Waals surface area contributed by atoms with Crippen LogP contribution in [0.5, 0.6) is 0 Å². The molecular formula is C16H24ClN3O2. The monoisotopic (exact) mass is 325 g/mol. The van der Waals surface area contributed by atoms with Crippen molar-refractivity contribution in [3.8, 4) is 0 Å². The van der Waals surface area contributed by atoms with Gasteiger partial charge in [0, 0.05) is 23.7 Å². The Balaban J connectivity index is 0.00000242. The van der Waals surface area contributed by atoms with Gasteiger partial charge in [0.05, 0.1) is 0 Å². The molecule has 1 aliphatic carbocycles. The molecule has 0 bridgehead atoms. The number of hydrogen-bond acceptors (Lipinski definition) is 3. The van der Waals surface area contributed by atoms with Crippen LogP contribution in [0.25, 0.3) is 0 Å². The first-order valence-electron chi connectivity index (χ1n) is 7.46. The maximum atomic E-state index is 12.0. The van der Waals surface area contributed by atoms with E-state index in [2.05, 4.69) is 16.0 Å². The van der Waals surface area contributed by atoms with E-state index in [0.29, 0.717) is 23.7 Å². The molecule has 2 rings (SSSR count). The summed E-state index contributed by atoms with van der Waals surface area (Å²) in [5.41, 5.74) is 2.27. The van der Waals surface area contributed by atoms with E-state index in [-0.39, 0.29) is 24.2 Å². The maximum absolute atomic E-state index is 12.0. The number of benzene rings is 1. The van der Waals surface area contributed by atoms with Crippen LogP contribution in [0.1, 0.15) is 41.6 Å². The van der Waals surface area contributed by atoms with Crippen molar-refractivity contribution in [2.45, 2.75) is 38.6 Å². The number of hydrogen-bond donors (Lipinski definition) is 3. The van der Waals surface area contributed by atoms with E-state index >= 15 is 0 Å². The number of anilines is 1. The fraction of sp³-hybridized carbons (Fsp3) is 0.500. The Morgan fingerprint density at radius 3 is 2.64 bits per heavy atom. The molecule has 0 aliphatic heterocycles. The Morgan fingerprint density at radius 2 is 2.00 bits per heavy atom. The van der Waals surface area contributed by atoms with Gasteiger partial charge in [-0.3, -0.25) is 9.59 Å². The molecule has 0 aromatic heterocycles. The minimum atomic E-state index is -0.0665. The molecule has 3 N–H and O–H groups in total. The first-order valence-corrected chi connectivity index (χ1v) is 7.46. The van der Waals surface area contributed by atoms with Gasteiger partial charge in [-0.05, 0) is 57.5 Å². The van der Waals surface area contributed by atoms with E-state index in [1.54, 1.807) is 12.1 Å². The van der Waals surface area contributed by atoms with Crippen LogP contribution in [0.2, 0.25) is 0 Å².